The van der Waals surface area contributed by atoms with Crippen LogP contribution in [0.2, 0.25) is 60.0 Å². The number of carboxylic acids is 1. The van der Waals surface area contributed by atoms with Gasteiger partial charge in [-0.15, -0.1) is 0 Å². The average Bonchev–Trinajstić information content (AvgIpc) is 0.864. The summed E-state index contributed by atoms with van der Waals surface area (Å²) in [6.45, 7) is 23.3. The molecule has 0 aromatic carbocycles. The molecule has 696 valence electrons. The SMILES string of the molecule is C[Si](C)(C)C#N.Clc1cccnc1Cl.N#CC1=CCN(c2ncccc2Cl)CC1.O=C(Cl)C(=O)Cl.O=C(Cl)C1=CCN(c2ncccc2Cl)CC1.O=C(O)C1=CCN(c2ncccc2Cl)CC1.O=C1CCN(c2ncccc2Cl)CC1.O=P(Cl)(Cl)Cl.O=S(Cl)Cl.OC1CCN(c2ncccc2Cl)CC1.OC1CCNCC1.[C-]#[N+]C1(O)CCN(c2ncccc2Cl)CC1.[Na+].[OH-]. The number of carbonyl (C=O) groups is 5. The quantitative estimate of drug-likeness (QED) is 0.0224. The molecule has 49 heteroatoms. The van der Waals surface area contributed by atoms with Gasteiger partial charge < -0.3 is 60.6 Å². The molecule has 14 heterocycles. The predicted molar refractivity (Wildman–Crippen MR) is 521 cm³/mol. The molecule has 0 unspecified atom stereocenters. The molecule has 7 aromatic heterocycles. The van der Waals surface area contributed by atoms with E-state index in [2.05, 4.69) is 150 Å². The molecule has 4 fully saturated rings. The number of halogens is 16. The van der Waals surface area contributed by atoms with Crippen LogP contribution in [-0.2, 0) is 37.8 Å². The van der Waals surface area contributed by atoms with Crippen molar-refractivity contribution < 1.29 is 88.2 Å². The number of piperidine rings is 4. The standard InChI is InChI=1S/C11H10Cl2N2O.C11H12ClN3O.C11H10ClN3.C11H11ClN2O2.C10H13ClN2O.C10H11ClN2O.C5H3Cl2N.C5H11NO.C4H9NSi.C2Cl2O2.Cl3OP.Cl2OS.Na.H2O/c12-9-2-1-5-14-11(9)15-6-3-8(4-7-15)10(13)16;1-13-11(16)4-7-15(8-5-11)10-9(12)3-2-6-14-10;12-10-2-1-5-14-11(10)15-6-3-9(8-13)4-7-15;12-9-2-1-5-13-10(9)14-6-3-8(4-7-14)11(15)16;2*11-9-2-1-5-12-10(9)13-6-3-8(14)4-7-13;6-4-2-1-3-8-5(4)7;7-5-1-3-6-4-2-5;1-6(2,3)4-5;3-1(5)2(4)6;1-5(2,3)4;1-4(2)3;;/h1-3,5H,4,6-7H2;2-3,6,16H,4-5,7-8H2;1-3,5H,4,6-7H2;1-3,5H,4,6-7H2,(H,15,16);1-2,5,8,14H,3-4,6-7H2;1-2,5H,3-4,6-7H2;1-3H;5-7H,1-4H2;1-3H3;;;;;1H2/q;;;;;;;;;;;;+1;/p-1. The van der Waals surface area contributed by atoms with Crippen LogP contribution in [0.4, 0.5) is 34.9 Å². The molecular formula is C80H91Cl16N17NaO12PSSi. The number of aliphatic carboxylic acids is 1. The maximum Gasteiger partial charge on any atom is 1.00 e. The van der Waals surface area contributed by atoms with Gasteiger partial charge in [-0.1, -0.05) is 131 Å². The summed E-state index contributed by atoms with van der Waals surface area (Å²) in [6, 6.07) is 27.2. The van der Waals surface area contributed by atoms with Gasteiger partial charge in [0.1, 0.15) is 45.8 Å². The van der Waals surface area contributed by atoms with E-state index in [1.165, 1.54) is 0 Å². The molecule has 129 heavy (non-hydrogen) atoms. The fourth-order valence-electron chi connectivity index (χ4n) is 11.1. The molecule has 6 N–H and O–H groups in total. The number of Topliss-reactive ketones (excluding diaryl/α,β-unsaturated/α-hetero) is 1. The van der Waals surface area contributed by atoms with Gasteiger partial charge in [0.25, 0.3) is 0 Å². The topological polar surface area (TPSA) is 404 Å². The van der Waals surface area contributed by atoms with Crippen molar-refractivity contribution in [2.75, 3.05) is 121 Å². The minimum Gasteiger partial charge on any atom is -0.870 e. The molecule has 0 saturated carbocycles. The molecule has 0 bridgehead atoms. The first-order valence-corrected chi connectivity index (χ1v) is 53.1. The normalized spacial score (nSPS) is 15.5. The summed E-state index contributed by atoms with van der Waals surface area (Å²) in [5.41, 5.74) is 3.02. The number of hydrogen-bond acceptors (Lipinski definition) is 27. The molecule has 7 aliphatic heterocycles. The van der Waals surface area contributed by atoms with Crippen molar-refractivity contribution in [1.82, 2.24) is 40.2 Å². The molecule has 7 aliphatic rings. The van der Waals surface area contributed by atoms with Gasteiger partial charge in [-0.3, -0.25) is 28.6 Å². The van der Waals surface area contributed by atoms with Crippen molar-refractivity contribution in [1.29, 1.82) is 10.5 Å². The Bertz CT molecular complexity index is 4840. The maximum atomic E-state index is 11.0. The van der Waals surface area contributed by atoms with E-state index in [1.807, 2.05) is 76.8 Å². The Hall–Kier alpha value is -5.27. The van der Waals surface area contributed by atoms with Crippen molar-refractivity contribution in [2.45, 2.75) is 108 Å². The first-order valence-electron chi connectivity index (χ1n) is 38.2. The van der Waals surface area contributed by atoms with E-state index in [0.29, 0.717) is 147 Å². The number of nitrogens with zero attached hydrogens (tertiary/aromatic N) is 16. The number of anilines is 6. The number of carbonyl (C=O) groups excluding carboxylic acids is 4. The Labute approximate surface area is 853 Å². The summed E-state index contributed by atoms with van der Waals surface area (Å²) in [6.07, 6.45) is 24.6. The van der Waals surface area contributed by atoms with E-state index in [0.717, 1.165) is 113 Å². The average molecular weight is 2160 g/mol. The van der Waals surface area contributed by atoms with Gasteiger partial charge in [0.15, 0.2) is 8.07 Å². The number of ketones is 1. The number of aliphatic hydroxyl groups is 3. The molecule has 0 aliphatic carbocycles. The molecule has 0 radical (unpaired) electrons. The predicted octanol–water partition coefficient (Wildman–Crippen LogP) is 17.2. The summed E-state index contributed by atoms with van der Waals surface area (Å²) in [5, 5.41) is 55.7. The van der Waals surface area contributed by atoms with Crippen LogP contribution in [0, 0.1) is 28.9 Å². The van der Waals surface area contributed by atoms with Crippen molar-refractivity contribution in [3.63, 3.8) is 0 Å². The van der Waals surface area contributed by atoms with Crippen molar-refractivity contribution in [3.05, 3.63) is 215 Å². The molecular weight excluding hydrogens is 2070 g/mol. The molecule has 14 rings (SSSR count). The Morgan fingerprint density at radius 2 is 0.798 bits per heavy atom. The summed E-state index contributed by atoms with van der Waals surface area (Å²) < 4.78 is 18.6. The van der Waals surface area contributed by atoms with E-state index in [4.69, 9.17) is 136 Å². The second kappa shape index (κ2) is 66.2. The fraction of sp³-hybridized carbons (Fsp3) is 0.388. The number of aliphatic hydroxyl groups excluding tert-OH is 2. The molecule has 0 spiro atoms. The number of nitriles is 2. The zero-order chi connectivity index (χ0) is 94.8. The number of nitrogens with one attached hydrogen (secondary N) is 1. The molecule has 4 saturated heterocycles. The maximum absolute atomic E-state index is 11.0. The second-order valence-electron chi connectivity index (χ2n) is 27.9. The monoisotopic (exact) mass is 2160 g/mol. The van der Waals surface area contributed by atoms with Crippen molar-refractivity contribution in [2.24, 2.45) is 0 Å². The van der Waals surface area contributed by atoms with Crippen LogP contribution in [0.25, 0.3) is 4.85 Å². The zero-order valence-electron chi connectivity index (χ0n) is 69.8. The van der Waals surface area contributed by atoms with Crippen molar-refractivity contribution in [3.8, 4) is 11.8 Å². The fourth-order valence-corrected chi connectivity index (χ4v) is 13.0. The van der Waals surface area contributed by atoms with Crippen molar-refractivity contribution >= 4 is 268 Å². The Balaban J connectivity index is 0.000000718. The third-order valence-electron chi connectivity index (χ3n) is 17.6. The van der Waals surface area contributed by atoms with E-state index in [1.54, 1.807) is 104 Å². The van der Waals surface area contributed by atoms with Gasteiger partial charge in [0.05, 0.1) is 66.3 Å². The summed E-state index contributed by atoms with van der Waals surface area (Å²) in [5.74, 6) is 4.11. The Morgan fingerprint density at radius 3 is 1.04 bits per heavy atom. The van der Waals surface area contributed by atoms with E-state index in [-0.39, 0.29) is 52.5 Å². The van der Waals surface area contributed by atoms with Gasteiger partial charge >= 0.3 is 56.9 Å². The minimum absolute atomic E-state index is 0. The van der Waals surface area contributed by atoms with Crippen LogP contribution in [0.5, 0.6) is 0 Å². The van der Waals surface area contributed by atoms with E-state index in [9.17, 15) is 38.8 Å². The van der Waals surface area contributed by atoms with Gasteiger partial charge in [0.2, 0.25) is 14.5 Å². The number of pyridine rings is 7. The van der Waals surface area contributed by atoms with Gasteiger partial charge in [0, 0.05) is 179 Å². The van der Waals surface area contributed by atoms with Crippen LogP contribution in [0.3, 0.4) is 0 Å². The second-order valence-corrected chi connectivity index (χ2v) is 46.0. The van der Waals surface area contributed by atoms with E-state index >= 15 is 0 Å². The summed E-state index contributed by atoms with van der Waals surface area (Å²) in [4.78, 5) is 96.1. The van der Waals surface area contributed by atoms with E-state index < -0.39 is 44.7 Å². The number of hydrogen-bond donors (Lipinski definition) is 5. The van der Waals surface area contributed by atoms with Gasteiger partial charge in [-0.25, -0.2) is 55.7 Å². The molecule has 0 atom stereocenters. The van der Waals surface area contributed by atoms with Gasteiger partial charge in [-0.05, 0) is 211 Å². The van der Waals surface area contributed by atoms with Crippen LogP contribution in [-0.4, -0.2) is 210 Å². The summed E-state index contributed by atoms with van der Waals surface area (Å²) in [7, 11) is 6.03. The largest absolute Gasteiger partial charge is 1.00 e. The summed E-state index contributed by atoms with van der Waals surface area (Å²) >= 11 is 75.4. The van der Waals surface area contributed by atoms with Crippen LogP contribution in [0.1, 0.15) is 70.6 Å². The van der Waals surface area contributed by atoms with Gasteiger partial charge in [-0.2, -0.15) is 5.26 Å². The number of carboxylic acid groups (broad SMARTS) is 1. The Kier molecular flexibility index (Phi) is 62.5. The first-order chi connectivity index (χ1) is 60.0. The Morgan fingerprint density at radius 1 is 0.512 bits per heavy atom. The van der Waals surface area contributed by atoms with Crippen LogP contribution < -0.4 is 64.3 Å². The first kappa shape index (κ1) is 122. The molecule has 0 amide bonds. The third kappa shape index (κ3) is 51.9. The minimum atomic E-state index is -3.22. The number of rotatable bonds is 9. The molecule has 29 nitrogen and oxygen atoms in total. The van der Waals surface area contributed by atoms with Crippen LogP contribution in [0.15, 0.2) is 163 Å². The number of aromatic nitrogens is 7. The third-order valence-corrected chi connectivity index (χ3v) is 21.4. The smallest absolute Gasteiger partial charge is 0.870 e. The molecule has 7 aromatic rings. The van der Waals surface area contributed by atoms with Crippen LogP contribution >= 0.6 is 188 Å². The zero-order valence-corrected chi connectivity index (χ0v) is 86.6.